The van der Waals surface area contributed by atoms with E-state index < -0.39 is 67.4 Å². The number of aliphatic hydroxyl groups excluding tert-OH is 5. The molecule has 8 unspecified atom stereocenters. The van der Waals surface area contributed by atoms with Crippen molar-refractivity contribution in [1.82, 2.24) is 5.32 Å². The highest BCUT2D eigenvalue weighted by Gasteiger charge is 2.47. The average Bonchev–Trinajstić information content (AvgIpc) is 3.34. The van der Waals surface area contributed by atoms with E-state index >= 15 is 0 Å². The van der Waals surface area contributed by atoms with E-state index in [4.69, 9.17) is 14.2 Å². The zero-order valence-electron chi connectivity index (χ0n) is 43.4. The fourth-order valence-electron chi connectivity index (χ4n) is 7.98. The average molecular weight is 970 g/mol. The van der Waals surface area contributed by atoms with E-state index in [9.17, 15) is 35.1 Å². The van der Waals surface area contributed by atoms with Crippen LogP contribution >= 0.6 is 0 Å². The third kappa shape index (κ3) is 34.7. The molecular formula is C58H99NO10. The van der Waals surface area contributed by atoms with E-state index in [-0.39, 0.29) is 19.4 Å². The van der Waals surface area contributed by atoms with Crippen LogP contribution in [0.15, 0.2) is 85.1 Å². The summed E-state index contributed by atoms with van der Waals surface area (Å²) >= 11 is 0. The van der Waals surface area contributed by atoms with Gasteiger partial charge in [0.15, 0.2) is 12.4 Å². The van der Waals surface area contributed by atoms with Crippen LogP contribution in [0, 0.1) is 0 Å². The van der Waals surface area contributed by atoms with E-state index in [0.29, 0.717) is 12.8 Å². The normalized spacial score (nSPS) is 20.5. The van der Waals surface area contributed by atoms with Gasteiger partial charge in [-0.3, -0.25) is 9.59 Å². The van der Waals surface area contributed by atoms with Crippen LogP contribution in [0.3, 0.4) is 0 Å². The van der Waals surface area contributed by atoms with Gasteiger partial charge in [-0.25, -0.2) is 0 Å². The second-order valence-corrected chi connectivity index (χ2v) is 18.7. The van der Waals surface area contributed by atoms with Crippen LogP contribution in [0.25, 0.3) is 0 Å². The Morgan fingerprint density at radius 2 is 1.10 bits per heavy atom. The van der Waals surface area contributed by atoms with Gasteiger partial charge in [-0.15, -0.1) is 0 Å². The van der Waals surface area contributed by atoms with Crippen LogP contribution in [0.4, 0.5) is 0 Å². The lowest BCUT2D eigenvalue weighted by molar-refractivity contribution is -0.305. The predicted molar refractivity (Wildman–Crippen MR) is 282 cm³/mol. The summed E-state index contributed by atoms with van der Waals surface area (Å²) in [4.78, 5) is 26.4. The van der Waals surface area contributed by atoms with E-state index in [1.54, 1.807) is 6.08 Å². The van der Waals surface area contributed by atoms with Crippen molar-refractivity contribution in [3.05, 3.63) is 85.1 Å². The molecule has 0 radical (unpaired) electrons. The van der Waals surface area contributed by atoms with Gasteiger partial charge >= 0.3 is 5.97 Å². The summed E-state index contributed by atoms with van der Waals surface area (Å²) in [5, 5.41) is 56.7. The van der Waals surface area contributed by atoms with Gasteiger partial charge in [-0.05, 0) is 77.0 Å². The van der Waals surface area contributed by atoms with E-state index in [0.717, 1.165) is 96.3 Å². The van der Waals surface area contributed by atoms with Gasteiger partial charge in [-0.1, -0.05) is 209 Å². The van der Waals surface area contributed by atoms with Gasteiger partial charge in [0, 0.05) is 6.42 Å². The molecule has 1 aliphatic heterocycles. The molecular weight excluding hydrogens is 871 g/mol. The summed E-state index contributed by atoms with van der Waals surface area (Å²) in [7, 11) is 0. The van der Waals surface area contributed by atoms with E-state index in [1.165, 1.54) is 64.2 Å². The van der Waals surface area contributed by atoms with Crippen LogP contribution in [-0.2, 0) is 23.8 Å². The molecule has 0 bridgehead atoms. The fourth-order valence-corrected chi connectivity index (χ4v) is 7.98. The van der Waals surface area contributed by atoms with Gasteiger partial charge in [0.25, 0.3) is 0 Å². The van der Waals surface area contributed by atoms with E-state index in [2.05, 4.69) is 62.5 Å². The second-order valence-electron chi connectivity index (χ2n) is 18.7. The minimum atomic E-state index is -1.63. The van der Waals surface area contributed by atoms with Crippen molar-refractivity contribution in [3.63, 3.8) is 0 Å². The van der Waals surface area contributed by atoms with Crippen LogP contribution < -0.4 is 5.32 Å². The molecule has 1 saturated heterocycles. The van der Waals surface area contributed by atoms with Crippen molar-refractivity contribution in [2.45, 2.75) is 256 Å². The standard InChI is InChI=1S/C58H99NO10/c1-4-7-10-13-16-19-22-24-25-26-28-30-33-36-39-42-45-51(62)57(66)59-49(50(61)44-41-38-35-32-29-21-18-15-12-9-6-3)48-67-58-56(55(65)54(64)52(47-60)68-58)69-53(63)46-43-40-37-34-31-27-23-20-17-14-11-8-5-2/h8,11,14,16-17,19-20,23-25,27,31,41,44,49-52,54-56,58,60-62,64-65H,4-7,9-10,12-13,15,18,21-22,26,28-30,32-40,42-43,45-48H2,1-3H3,(H,59,66)/b11-8+,17-14+,19-16-,23-20-,25-24-,31-27-,44-41+. The monoisotopic (exact) mass is 970 g/mol. The number of hydrogen-bond donors (Lipinski definition) is 6. The molecule has 1 fully saturated rings. The number of amides is 1. The Labute approximate surface area is 419 Å². The molecule has 1 heterocycles. The molecule has 11 nitrogen and oxygen atoms in total. The minimum absolute atomic E-state index is 0.0728. The van der Waals surface area contributed by atoms with Crippen molar-refractivity contribution in [1.29, 1.82) is 0 Å². The number of ether oxygens (including phenoxy) is 3. The molecule has 0 aromatic rings. The molecule has 1 rings (SSSR count). The highest BCUT2D eigenvalue weighted by Crippen LogP contribution is 2.26. The van der Waals surface area contributed by atoms with Crippen molar-refractivity contribution in [3.8, 4) is 0 Å². The Hall–Kier alpha value is -3.16. The molecule has 0 aromatic heterocycles. The molecule has 0 saturated carbocycles. The molecule has 1 amide bonds. The Bertz CT molecular complexity index is 1440. The summed E-state index contributed by atoms with van der Waals surface area (Å²) < 4.78 is 17.5. The lowest BCUT2D eigenvalue weighted by atomic mass is 9.99. The van der Waals surface area contributed by atoms with Crippen LogP contribution in [-0.4, -0.2) is 99.6 Å². The first-order chi connectivity index (χ1) is 33.7. The third-order valence-electron chi connectivity index (χ3n) is 12.4. The molecule has 0 spiro atoms. The van der Waals surface area contributed by atoms with Crippen LogP contribution in [0.1, 0.15) is 207 Å². The topological polar surface area (TPSA) is 175 Å². The Morgan fingerprint density at radius 3 is 1.71 bits per heavy atom. The molecule has 8 atom stereocenters. The van der Waals surface area contributed by atoms with Gasteiger partial charge in [-0.2, -0.15) is 0 Å². The molecule has 0 aliphatic carbocycles. The molecule has 11 heteroatoms. The molecule has 69 heavy (non-hydrogen) atoms. The second kappa shape index (κ2) is 45.9. The summed E-state index contributed by atoms with van der Waals surface area (Å²) in [6, 6.07) is -1.04. The maximum absolute atomic E-state index is 13.3. The number of unbranched alkanes of at least 4 members (excludes halogenated alkanes) is 21. The number of hydrogen-bond acceptors (Lipinski definition) is 10. The number of allylic oxidation sites excluding steroid dienone is 13. The quantitative estimate of drug-likeness (QED) is 0.0149. The van der Waals surface area contributed by atoms with Gasteiger partial charge in [0.2, 0.25) is 5.91 Å². The zero-order valence-corrected chi connectivity index (χ0v) is 43.4. The third-order valence-corrected chi connectivity index (χ3v) is 12.4. The number of rotatable bonds is 44. The summed E-state index contributed by atoms with van der Waals surface area (Å²) in [5.74, 6) is -1.25. The maximum atomic E-state index is 13.3. The number of carbonyl (C=O) groups excluding carboxylic acids is 2. The first-order valence-corrected chi connectivity index (χ1v) is 27.4. The molecule has 396 valence electrons. The highest BCUT2D eigenvalue weighted by molar-refractivity contribution is 5.80. The Morgan fingerprint density at radius 1 is 0.594 bits per heavy atom. The van der Waals surface area contributed by atoms with Crippen molar-refractivity contribution < 1.29 is 49.3 Å². The van der Waals surface area contributed by atoms with Crippen LogP contribution in [0.2, 0.25) is 0 Å². The SMILES string of the molecule is CC/C=C/C=C/C=C\C=C/CCCCCC(=O)OC1C(OCC(NC(=O)C(O)CCCCCCCC/C=C\C/C=C\CCCCC)C(O)/C=C/CCCCCCCCCCC)OC(CO)C(O)C1O. The first-order valence-electron chi connectivity index (χ1n) is 27.4. The summed E-state index contributed by atoms with van der Waals surface area (Å²) in [6.07, 6.45) is 47.7. The fraction of sp³-hybridized carbons (Fsp3) is 0.724. The smallest absolute Gasteiger partial charge is 0.306 e. The van der Waals surface area contributed by atoms with Crippen molar-refractivity contribution in [2.75, 3.05) is 13.2 Å². The van der Waals surface area contributed by atoms with Crippen molar-refractivity contribution >= 4 is 11.9 Å². The Kier molecular flexibility index (Phi) is 42.5. The molecule has 1 aliphatic rings. The van der Waals surface area contributed by atoms with Gasteiger partial charge in [0.05, 0.1) is 25.4 Å². The van der Waals surface area contributed by atoms with E-state index in [1.807, 2.05) is 42.5 Å². The number of nitrogens with one attached hydrogen (secondary N) is 1. The molecule has 0 aromatic carbocycles. The number of esters is 1. The highest BCUT2D eigenvalue weighted by atomic mass is 16.7. The summed E-state index contributed by atoms with van der Waals surface area (Å²) in [6.45, 7) is 5.55. The predicted octanol–water partition coefficient (Wildman–Crippen LogP) is 11.8. The number of aliphatic hydroxyl groups is 5. The van der Waals surface area contributed by atoms with Crippen molar-refractivity contribution in [2.24, 2.45) is 0 Å². The summed E-state index contributed by atoms with van der Waals surface area (Å²) in [5.41, 5.74) is 0. The zero-order chi connectivity index (χ0) is 50.4. The largest absolute Gasteiger partial charge is 0.454 e. The lowest BCUT2D eigenvalue weighted by Gasteiger charge is -2.41. The number of carbonyl (C=O) groups is 2. The first kappa shape index (κ1) is 63.9. The molecule has 6 N–H and O–H groups in total. The van der Waals surface area contributed by atoms with Gasteiger partial charge in [0.1, 0.15) is 24.4 Å². The lowest BCUT2D eigenvalue weighted by Crippen LogP contribution is -2.61. The Balaban J connectivity index is 2.78. The van der Waals surface area contributed by atoms with Crippen LogP contribution in [0.5, 0.6) is 0 Å². The van der Waals surface area contributed by atoms with Gasteiger partial charge < -0.3 is 45.1 Å². The minimum Gasteiger partial charge on any atom is -0.454 e. The maximum Gasteiger partial charge on any atom is 0.306 e.